The quantitative estimate of drug-likeness (QED) is 0.401. The smallest absolute Gasteiger partial charge is 0.333 e. The topological polar surface area (TPSA) is 38.3 Å². The second-order valence-corrected chi connectivity index (χ2v) is 3.00. The predicted molar refractivity (Wildman–Crippen MR) is 53.6 cm³/mol. The van der Waals surface area contributed by atoms with Gasteiger partial charge in [-0.3, -0.25) is 0 Å². The molecular weight excluding hydrogens is 166 g/mol. The molecule has 0 aliphatic carbocycles. The fraction of sp³-hybridized carbons (Fsp3) is 0.700. The molecule has 0 spiro atoms. The number of esters is 1. The van der Waals surface area contributed by atoms with Crippen LogP contribution < -0.4 is 5.32 Å². The Hall–Kier alpha value is -0.830. The van der Waals surface area contributed by atoms with Gasteiger partial charge >= 0.3 is 5.97 Å². The zero-order chi connectivity index (χ0) is 10.3. The molecule has 0 aromatic carbocycles. The average Bonchev–Trinajstić information content (AvgIpc) is 2.15. The van der Waals surface area contributed by atoms with Gasteiger partial charge in [0.2, 0.25) is 0 Å². The minimum absolute atomic E-state index is 0.228. The van der Waals surface area contributed by atoms with Crippen LogP contribution >= 0.6 is 0 Å². The molecule has 0 aromatic heterocycles. The summed E-state index contributed by atoms with van der Waals surface area (Å²) in [5.41, 5.74) is 1.81. The van der Waals surface area contributed by atoms with Gasteiger partial charge in [-0.15, -0.1) is 0 Å². The minimum Gasteiger partial charge on any atom is -0.466 e. The number of rotatable bonds is 5. The number of hydrogen-bond acceptors (Lipinski definition) is 3. The van der Waals surface area contributed by atoms with E-state index in [1.54, 1.807) is 6.92 Å². The molecule has 0 fully saturated rings. The molecule has 0 amide bonds. The van der Waals surface area contributed by atoms with Crippen molar-refractivity contribution in [3.63, 3.8) is 0 Å². The Morgan fingerprint density at radius 3 is 2.46 bits per heavy atom. The number of ether oxygens (including phenoxy) is 1. The van der Waals surface area contributed by atoms with Gasteiger partial charge < -0.3 is 10.1 Å². The molecule has 0 aliphatic heterocycles. The molecular formula is C10H19NO2. The van der Waals surface area contributed by atoms with E-state index >= 15 is 0 Å². The second-order valence-electron chi connectivity index (χ2n) is 3.00. The Morgan fingerprint density at radius 2 is 2.00 bits per heavy atom. The molecule has 0 bridgehead atoms. The number of carbonyl (C=O) groups is 1. The van der Waals surface area contributed by atoms with Gasteiger partial charge in [-0.25, -0.2) is 4.79 Å². The molecule has 0 rings (SSSR count). The lowest BCUT2D eigenvalue weighted by Crippen LogP contribution is -2.15. The van der Waals surface area contributed by atoms with E-state index in [1.807, 2.05) is 6.92 Å². The first-order valence-corrected chi connectivity index (χ1v) is 4.58. The standard InChI is InChI=1S/C10H19NO2/c1-5-11-7-6-8(2)9(3)10(12)13-4/h11H,5-7H2,1-4H3. The highest BCUT2D eigenvalue weighted by Gasteiger charge is 2.06. The Bertz CT molecular complexity index is 197. The fourth-order valence-electron chi connectivity index (χ4n) is 0.967. The van der Waals surface area contributed by atoms with Gasteiger partial charge in [0.15, 0.2) is 0 Å². The lowest BCUT2D eigenvalue weighted by molar-refractivity contribution is -0.136. The maximum atomic E-state index is 11.1. The van der Waals surface area contributed by atoms with Crippen LogP contribution in [0.25, 0.3) is 0 Å². The summed E-state index contributed by atoms with van der Waals surface area (Å²) in [5, 5.41) is 3.20. The maximum absolute atomic E-state index is 11.1. The summed E-state index contributed by atoms with van der Waals surface area (Å²) >= 11 is 0. The maximum Gasteiger partial charge on any atom is 0.333 e. The number of carbonyl (C=O) groups excluding carboxylic acids is 1. The van der Waals surface area contributed by atoms with Crippen LogP contribution in [-0.2, 0) is 9.53 Å². The van der Waals surface area contributed by atoms with Crippen molar-refractivity contribution in [2.24, 2.45) is 0 Å². The largest absolute Gasteiger partial charge is 0.466 e. The molecule has 0 saturated carbocycles. The third-order valence-corrected chi connectivity index (χ3v) is 2.06. The van der Waals surface area contributed by atoms with Gasteiger partial charge in [-0.1, -0.05) is 12.5 Å². The molecule has 0 saturated heterocycles. The van der Waals surface area contributed by atoms with Crippen LogP contribution in [0, 0.1) is 0 Å². The van der Waals surface area contributed by atoms with Gasteiger partial charge in [-0.05, 0) is 33.4 Å². The van der Waals surface area contributed by atoms with Gasteiger partial charge in [-0.2, -0.15) is 0 Å². The summed E-state index contributed by atoms with van der Waals surface area (Å²) < 4.78 is 4.62. The highest BCUT2D eigenvalue weighted by molar-refractivity contribution is 5.88. The van der Waals surface area contributed by atoms with E-state index in [0.717, 1.165) is 30.7 Å². The Balaban J connectivity index is 4.03. The molecule has 3 nitrogen and oxygen atoms in total. The summed E-state index contributed by atoms with van der Waals surface area (Å²) in [7, 11) is 1.41. The van der Waals surface area contributed by atoms with Crippen molar-refractivity contribution >= 4 is 5.97 Å². The molecule has 0 atom stereocenters. The van der Waals surface area contributed by atoms with E-state index in [1.165, 1.54) is 7.11 Å². The predicted octanol–water partition coefficient (Wildman–Crippen LogP) is 1.50. The van der Waals surface area contributed by atoms with Crippen molar-refractivity contribution in [2.45, 2.75) is 27.2 Å². The molecule has 0 radical (unpaired) electrons. The normalized spacial score (nSPS) is 12.3. The molecule has 0 aromatic rings. The number of methoxy groups -OCH3 is 1. The summed E-state index contributed by atoms with van der Waals surface area (Å²) in [6.07, 6.45) is 0.898. The lowest BCUT2D eigenvalue weighted by Gasteiger charge is -2.06. The third kappa shape index (κ3) is 4.68. The van der Waals surface area contributed by atoms with Gasteiger partial charge in [0.1, 0.15) is 0 Å². The van der Waals surface area contributed by atoms with Crippen LogP contribution in [0.15, 0.2) is 11.1 Å². The van der Waals surface area contributed by atoms with E-state index in [-0.39, 0.29) is 5.97 Å². The van der Waals surface area contributed by atoms with Crippen LogP contribution in [0.1, 0.15) is 27.2 Å². The fourth-order valence-corrected chi connectivity index (χ4v) is 0.967. The van der Waals surface area contributed by atoms with Gasteiger partial charge in [0.05, 0.1) is 7.11 Å². The molecule has 76 valence electrons. The summed E-state index contributed by atoms with van der Waals surface area (Å²) in [4.78, 5) is 11.1. The van der Waals surface area contributed by atoms with Crippen LogP contribution in [0.5, 0.6) is 0 Å². The van der Waals surface area contributed by atoms with Crippen LogP contribution in [0.4, 0.5) is 0 Å². The van der Waals surface area contributed by atoms with Crippen molar-refractivity contribution in [1.29, 1.82) is 0 Å². The summed E-state index contributed by atoms with van der Waals surface area (Å²) in [6.45, 7) is 7.70. The van der Waals surface area contributed by atoms with E-state index in [2.05, 4.69) is 17.0 Å². The summed E-state index contributed by atoms with van der Waals surface area (Å²) in [6, 6.07) is 0. The first kappa shape index (κ1) is 12.2. The van der Waals surface area contributed by atoms with Gasteiger partial charge in [0.25, 0.3) is 0 Å². The molecule has 0 unspecified atom stereocenters. The van der Waals surface area contributed by atoms with E-state index < -0.39 is 0 Å². The average molecular weight is 185 g/mol. The molecule has 0 aliphatic rings. The molecule has 3 heteroatoms. The number of nitrogens with one attached hydrogen (secondary N) is 1. The van der Waals surface area contributed by atoms with Crippen LogP contribution in [0.2, 0.25) is 0 Å². The SMILES string of the molecule is CCNCCC(C)=C(C)C(=O)OC. The first-order valence-electron chi connectivity index (χ1n) is 4.58. The molecule has 13 heavy (non-hydrogen) atoms. The molecule has 1 N–H and O–H groups in total. The van der Waals surface area contributed by atoms with Crippen LogP contribution in [-0.4, -0.2) is 26.2 Å². The highest BCUT2D eigenvalue weighted by atomic mass is 16.5. The van der Waals surface area contributed by atoms with Crippen molar-refractivity contribution in [3.05, 3.63) is 11.1 Å². The minimum atomic E-state index is -0.228. The highest BCUT2D eigenvalue weighted by Crippen LogP contribution is 2.08. The van der Waals surface area contributed by atoms with E-state index in [0.29, 0.717) is 0 Å². The number of hydrogen-bond donors (Lipinski definition) is 1. The Morgan fingerprint density at radius 1 is 1.38 bits per heavy atom. The van der Waals surface area contributed by atoms with E-state index in [4.69, 9.17) is 0 Å². The van der Waals surface area contributed by atoms with Crippen molar-refractivity contribution in [3.8, 4) is 0 Å². The zero-order valence-electron chi connectivity index (χ0n) is 8.94. The summed E-state index contributed by atoms with van der Waals surface area (Å²) in [5.74, 6) is -0.228. The van der Waals surface area contributed by atoms with Gasteiger partial charge in [0, 0.05) is 5.57 Å². The second kappa shape index (κ2) is 6.66. The van der Waals surface area contributed by atoms with Crippen molar-refractivity contribution < 1.29 is 9.53 Å². The van der Waals surface area contributed by atoms with Crippen molar-refractivity contribution in [2.75, 3.05) is 20.2 Å². The third-order valence-electron chi connectivity index (χ3n) is 2.06. The first-order chi connectivity index (χ1) is 6.13. The Labute approximate surface area is 80.2 Å². The Kier molecular flexibility index (Phi) is 6.24. The lowest BCUT2D eigenvalue weighted by atomic mass is 10.1. The van der Waals surface area contributed by atoms with Crippen LogP contribution in [0.3, 0.4) is 0 Å². The monoisotopic (exact) mass is 185 g/mol. The molecule has 0 heterocycles. The van der Waals surface area contributed by atoms with Crippen molar-refractivity contribution in [1.82, 2.24) is 5.32 Å². The zero-order valence-corrected chi connectivity index (χ0v) is 8.94. The van der Waals surface area contributed by atoms with E-state index in [9.17, 15) is 4.79 Å².